The van der Waals surface area contributed by atoms with E-state index in [0.717, 1.165) is 42.7 Å². The highest BCUT2D eigenvalue weighted by atomic mass is 32.2. The summed E-state index contributed by atoms with van der Waals surface area (Å²) in [5.74, 6) is 3.64. The van der Waals surface area contributed by atoms with Gasteiger partial charge in [0, 0.05) is 14.2 Å². The lowest BCUT2D eigenvalue weighted by Crippen LogP contribution is -2.33. The second-order valence-corrected chi connectivity index (χ2v) is 36.8. The molecule has 105 heavy (non-hydrogen) atoms. The third-order valence-corrected chi connectivity index (χ3v) is 24.1. The molecule has 18 heteroatoms. The Balaban J connectivity index is 0.000000265. The number of aliphatic hydroxyl groups is 1. The number of aliphatic hydroxyl groups excluding tert-OH is 1. The lowest BCUT2D eigenvalue weighted by atomic mass is 9.63. The summed E-state index contributed by atoms with van der Waals surface area (Å²) in [6.07, 6.45) is 4.37. The molecule has 562 valence electrons. The van der Waals surface area contributed by atoms with Crippen LogP contribution in [0.3, 0.4) is 0 Å². The maximum absolute atomic E-state index is 13.3. The Morgan fingerprint density at radius 3 is 0.752 bits per heavy atom. The zero-order valence-corrected chi connectivity index (χ0v) is 66.1. The summed E-state index contributed by atoms with van der Waals surface area (Å²) < 4.78 is 123. The first-order chi connectivity index (χ1) is 49.5. The van der Waals surface area contributed by atoms with Gasteiger partial charge in [-0.2, -0.15) is 0 Å². The van der Waals surface area contributed by atoms with Gasteiger partial charge in [-0.1, -0.05) is 149 Å². The Morgan fingerprint density at radius 2 is 0.486 bits per heavy atom. The minimum absolute atomic E-state index is 0.0264. The Labute approximate surface area is 625 Å². The van der Waals surface area contributed by atoms with Crippen LogP contribution in [0, 0.1) is 17.8 Å². The predicted octanol–water partition coefficient (Wildman–Crippen LogP) is 19.3. The molecule has 0 saturated carbocycles. The molecule has 0 spiro atoms. The van der Waals surface area contributed by atoms with E-state index in [1.165, 1.54) is 144 Å². The molecular weight excluding hydrogens is 1380 g/mol. The van der Waals surface area contributed by atoms with E-state index in [1.807, 2.05) is 6.92 Å². The molecule has 1 N–H and O–H groups in total. The summed E-state index contributed by atoms with van der Waals surface area (Å²) in [6.45, 7) is 34.1. The van der Waals surface area contributed by atoms with Gasteiger partial charge in [-0.25, -0.2) is 25.3 Å². The number of ether oxygens (including phenoxy) is 8. The minimum Gasteiger partial charge on any atom is -0.491 e. The van der Waals surface area contributed by atoms with Crippen LogP contribution in [0.4, 0.5) is 0 Å². The highest BCUT2D eigenvalue weighted by Gasteiger charge is 2.38. The van der Waals surface area contributed by atoms with Gasteiger partial charge in [-0.3, -0.25) is 0 Å². The molecule has 15 nitrogen and oxygen atoms in total. The minimum atomic E-state index is -3.89. The van der Waals surface area contributed by atoms with Crippen LogP contribution in [0.15, 0.2) is 248 Å². The van der Waals surface area contributed by atoms with Gasteiger partial charge < -0.3 is 43.0 Å². The summed E-state index contributed by atoms with van der Waals surface area (Å²) in [7, 11) is -8.00. The van der Waals surface area contributed by atoms with Crippen molar-refractivity contribution < 1.29 is 68.3 Å². The molecule has 9 aromatic rings. The van der Waals surface area contributed by atoms with Crippen LogP contribution >= 0.6 is 0 Å². The first-order valence-electron chi connectivity index (χ1n) is 35.5. The molecule has 0 amide bonds. The van der Waals surface area contributed by atoms with Crippen LogP contribution in [0.25, 0.3) is 0 Å². The summed E-state index contributed by atoms with van der Waals surface area (Å²) in [6, 6.07) is 62.8. The van der Waals surface area contributed by atoms with Crippen LogP contribution in [-0.2, 0) is 65.4 Å². The third-order valence-electron chi connectivity index (χ3n) is 18.7. The van der Waals surface area contributed by atoms with Gasteiger partial charge in [0.05, 0.1) is 62.4 Å². The molecule has 0 bridgehead atoms. The zero-order chi connectivity index (χ0) is 76.5. The van der Waals surface area contributed by atoms with Crippen molar-refractivity contribution in [3.63, 3.8) is 0 Å². The van der Waals surface area contributed by atoms with Gasteiger partial charge in [0.2, 0.25) is 29.5 Å². The van der Waals surface area contributed by atoms with Crippen molar-refractivity contribution in [2.24, 2.45) is 10.8 Å². The molecule has 0 unspecified atom stereocenters. The largest absolute Gasteiger partial charge is 0.491 e. The molecule has 0 aromatic heterocycles. The zero-order valence-electron chi connectivity index (χ0n) is 63.7. The Bertz CT molecular complexity index is 4550. The summed E-state index contributed by atoms with van der Waals surface area (Å²) >= 11 is 0. The molecule has 0 radical (unpaired) electrons. The SMILES string of the molecule is COCCOCCOc1ccc(C(C)(C)CC(C)(C)CC(C)(C)c2ccc(C(C)(C)CC(C)(C)CC(C)(C)c3ccc(OCCOC)cc3)cc2)cc1.Cc1ccc(S(=O)(=O)c2ccc(Oc3ccc(S(=O)(=O)c4ccc(Oc5ccc(S(=O)(=O)c6ccc(OCCO)cc6)cc5)cc4)cc3)cc2)cc1. The second kappa shape index (κ2) is 35.4. The van der Waals surface area contributed by atoms with Crippen molar-refractivity contribution >= 4 is 29.5 Å². The van der Waals surface area contributed by atoms with E-state index in [9.17, 15) is 25.3 Å². The van der Waals surface area contributed by atoms with Crippen LogP contribution < -0.4 is 23.7 Å². The van der Waals surface area contributed by atoms with E-state index in [2.05, 4.69) is 156 Å². The summed E-state index contributed by atoms with van der Waals surface area (Å²) in [5, 5.41) is 8.88. The van der Waals surface area contributed by atoms with Gasteiger partial charge in [-0.15, -0.1) is 0 Å². The average molecular weight is 1490 g/mol. The van der Waals surface area contributed by atoms with E-state index in [-0.39, 0.29) is 75.1 Å². The van der Waals surface area contributed by atoms with Crippen molar-refractivity contribution in [2.75, 3.05) is 67.1 Å². The van der Waals surface area contributed by atoms with E-state index in [4.69, 9.17) is 43.0 Å². The Kier molecular flexibility index (Phi) is 27.7. The lowest BCUT2D eigenvalue weighted by Gasteiger charge is -2.42. The van der Waals surface area contributed by atoms with Gasteiger partial charge in [0.15, 0.2) is 0 Å². The average Bonchev–Trinajstić information content (AvgIpc) is 0.826. The third kappa shape index (κ3) is 23.1. The fraction of sp³-hybridized carbons (Fsp3) is 0.379. The molecule has 0 atom stereocenters. The number of aryl methyl sites for hydroxylation is 1. The summed E-state index contributed by atoms with van der Waals surface area (Å²) in [4.78, 5) is 0.526. The number of hydrogen-bond acceptors (Lipinski definition) is 15. The molecule has 9 rings (SSSR count). The van der Waals surface area contributed by atoms with Gasteiger partial charge in [0.1, 0.15) is 60.1 Å². The maximum atomic E-state index is 13.3. The highest BCUT2D eigenvalue weighted by molar-refractivity contribution is 7.92. The molecule has 0 fully saturated rings. The first kappa shape index (κ1) is 82.3. The van der Waals surface area contributed by atoms with Crippen LogP contribution in [0.5, 0.6) is 40.2 Å². The van der Waals surface area contributed by atoms with E-state index in [0.29, 0.717) is 68.4 Å². The van der Waals surface area contributed by atoms with Gasteiger partial charge in [-0.05, 0) is 245 Å². The molecule has 0 aliphatic heterocycles. The van der Waals surface area contributed by atoms with Crippen LogP contribution in [-0.4, -0.2) is 97.4 Å². The van der Waals surface area contributed by atoms with E-state index >= 15 is 0 Å². The molecule has 0 saturated heterocycles. The van der Waals surface area contributed by atoms with Gasteiger partial charge >= 0.3 is 0 Å². The quantitative estimate of drug-likeness (QED) is 0.0364. The Hall–Kier alpha value is -8.33. The standard InChI is InChI=1S/C48H74O5.C39H32O10S3/c1-43(2,35-47(9,10)39-19-23-41(24-20-39)52-31-28-50-14)33-45(5,6)37-15-17-38(18-16-37)46(7,8)34-44(3,4)36-48(11,12)40-21-25-42(26-22-40)53-32-30-51-29-27-49-13;1-28-2-14-34(15-3-28)50(41,42)36-18-6-30(7-19-36)48-32-10-22-38(23-11-32)52(45,46)39-24-12-33(13-25-39)49-31-8-20-37(21-9-31)51(43,44)35-16-4-29(5-17-35)47-27-26-40/h15-26H,27-36H2,1-14H3;2-25,40H,26-27H2,1H3. The monoisotopic (exact) mass is 1490 g/mol. The molecule has 0 heterocycles. The molecular formula is C87H106O15S3. The normalized spacial score (nSPS) is 12.6. The van der Waals surface area contributed by atoms with Gasteiger partial charge in [0.25, 0.3) is 0 Å². The van der Waals surface area contributed by atoms with Crippen molar-refractivity contribution in [3.8, 4) is 40.2 Å². The first-order valence-corrected chi connectivity index (χ1v) is 40.0. The van der Waals surface area contributed by atoms with Crippen LogP contribution in [0.2, 0.25) is 0 Å². The fourth-order valence-corrected chi connectivity index (χ4v) is 18.2. The van der Waals surface area contributed by atoms with Crippen molar-refractivity contribution in [3.05, 3.63) is 246 Å². The number of benzene rings is 9. The summed E-state index contributed by atoms with van der Waals surface area (Å²) in [5.41, 5.74) is 6.88. The number of methoxy groups -OCH3 is 2. The topological polar surface area (TPSA) is 196 Å². The molecule has 0 aliphatic rings. The number of sulfone groups is 3. The number of rotatable bonds is 36. The maximum Gasteiger partial charge on any atom is 0.206 e. The van der Waals surface area contributed by atoms with E-state index < -0.39 is 29.5 Å². The second-order valence-electron chi connectivity index (χ2n) is 30.9. The number of hydrogen-bond donors (Lipinski definition) is 1. The Morgan fingerprint density at radius 1 is 0.276 bits per heavy atom. The molecule has 0 aliphatic carbocycles. The predicted molar refractivity (Wildman–Crippen MR) is 415 cm³/mol. The van der Waals surface area contributed by atoms with Crippen LogP contribution in [0.1, 0.15) is 137 Å². The highest BCUT2D eigenvalue weighted by Crippen LogP contribution is 2.48. The van der Waals surface area contributed by atoms with Crippen molar-refractivity contribution in [1.29, 1.82) is 0 Å². The smallest absolute Gasteiger partial charge is 0.206 e. The van der Waals surface area contributed by atoms with Crippen molar-refractivity contribution in [2.45, 2.75) is 167 Å². The molecule has 9 aromatic carbocycles. The van der Waals surface area contributed by atoms with E-state index in [1.54, 1.807) is 38.5 Å². The lowest BCUT2D eigenvalue weighted by molar-refractivity contribution is 0.0544. The van der Waals surface area contributed by atoms with Crippen molar-refractivity contribution in [1.82, 2.24) is 0 Å². The fourth-order valence-electron chi connectivity index (χ4n) is 14.4.